The van der Waals surface area contributed by atoms with Crippen molar-refractivity contribution in [3.05, 3.63) is 60.3 Å². The molecule has 4 N–H and O–H groups in total. The van der Waals surface area contributed by atoms with Crippen molar-refractivity contribution in [2.24, 2.45) is 5.73 Å². The molecule has 26 heavy (non-hydrogen) atoms. The number of hydrogen-bond donors (Lipinski definition) is 3. The van der Waals surface area contributed by atoms with E-state index in [0.717, 1.165) is 22.4 Å². The predicted molar refractivity (Wildman–Crippen MR) is 97.4 cm³/mol. The minimum absolute atomic E-state index is 0.0656. The maximum absolute atomic E-state index is 13.3. The number of aromatic amines is 1. The summed E-state index contributed by atoms with van der Waals surface area (Å²) in [5, 5.41) is 10.0. The van der Waals surface area contributed by atoms with Gasteiger partial charge in [-0.15, -0.1) is 0 Å². The number of H-pyrrole nitrogens is 1. The van der Waals surface area contributed by atoms with E-state index in [-0.39, 0.29) is 11.7 Å². The molecule has 134 valence electrons. The zero-order valence-electron chi connectivity index (χ0n) is 14.4. The van der Waals surface area contributed by atoms with E-state index in [4.69, 9.17) is 5.73 Å². The predicted octanol–water partition coefficient (Wildman–Crippen LogP) is 2.80. The van der Waals surface area contributed by atoms with Crippen LogP contribution in [0.1, 0.15) is 24.6 Å². The van der Waals surface area contributed by atoms with E-state index in [9.17, 15) is 9.18 Å². The minimum Gasteiger partial charge on any atom is -0.359 e. The molecule has 0 fully saturated rings. The molecule has 0 bridgehead atoms. The number of nitrogens with two attached hydrogens (primary N) is 1. The fourth-order valence-corrected chi connectivity index (χ4v) is 2.81. The number of halogens is 1. The van der Waals surface area contributed by atoms with E-state index < -0.39 is 6.04 Å². The summed E-state index contributed by atoms with van der Waals surface area (Å²) >= 11 is 0. The average molecular weight is 353 g/mol. The second kappa shape index (κ2) is 7.88. The Balaban J connectivity index is 2.02. The Morgan fingerprint density at radius 2 is 1.88 bits per heavy atom. The molecule has 7 heteroatoms. The van der Waals surface area contributed by atoms with Crippen LogP contribution in [-0.4, -0.2) is 28.1 Å². The molecule has 2 aromatic heterocycles. The van der Waals surface area contributed by atoms with Crippen LogP contribution in [-0.2, 0) is 4.79 Å². The number of pyridine rings is 1. The summed E-state index contributed by atoms with van der Waals surface area (Å²) in [5.41, 5.74) is 10.3. The SMILES string of the molecule is CNC(=O)CC[C@H](N)c1[nH]nc(-c2ccc(F)cc2)c1-c1ccncc1. The Labute approximate surface area is 150 Å². The van der Waals surface area contributed by atoms with Gasteiger partial charge in [-0.2, -0.15) is 5.10 Å². The van der Waals surface area contributed by atoms with Crippen LogP contribution in [0.2, 0.25) is 0 Å². The molecule has 0 radical (unpaired) electrons. The topological polar surface area (TPSA) is 96.7 Å². The zero-order valence-corrected chi connectivity index (χ0v) is 14.4. The van der Waals surface area contributed by atoms with Gasteiger partial charge in [0.2, 0.25) is 5.91 Å². The number of nitrogens with zero attached hydrogens (tertiary/aromatic N) is 2. The Kier molecular flexibility index (Phi) is 5.38. The highest BCUT2D eigenvalue weighted by Crippen LogP contribution is 2.36. The van der Waals surface area contributed by atoms with Gasteiger partial charge in [0.1, 0.15) is 11.5 Å². The van der Waals surface area contributed by atoms with Gasteiger partial charge in [0.25, 0.3) is 0 Å². The van der Waals surface area contributed by atoms with Crippen molar-refractivity contribution >= 4 is 5.91 Å². The Morgan fingerprint density at radius 1 is 1.19 bits per heavy atom. The first kappa shape index (κ1) is 17.8. The lowest BCUT2D eigenvalue weighted by Crippen LogP contribution is -2.20. The fourth-order valence-electron chi connectivity index (χ4n) is 2.81. The van der Waals surface area contributed by atoms with Crippen LogP contribution < -0.4 is 11.1 Å². The van der Waals surface area contributed by atoms with Crippen molar-refractivity contribution < 1.29 is 9.18 Å². The molecule has 3 aromatic rings. The van der Waals surface area contributed by atoms with Crippen LogP contribution in [0.3, 0.4) is 0 Å². The molecule has 0 spiro atoms. The second-order valence-corrected chi connectivity index (χ2v) is 5.92. The number of hydrogen-bond acceptors (Lipinski definition) is 4. The molecule has 0 saturated heterocycles. The van der Waals surface area contributed by atoms with E-state index >= 15 is 0 Å². The van der Waals surface area contributed by atoms with Gasteiger partial charge in [-0.25, -0.2) is 4.39 Å². The summed E-state index contributed by atoms with van der Waals surface area (Å²) in [4.78, 5) is 15.6. The molecular weight excluding hydrogens is 333 g/mol. The summed E-state index contributed by atoms with van der Waals surface area (Å²) in [6.07, 6.45) is 4.17. The highest BCUT2D eigenvalue weighted by Gasteiger charge is 2.21. The summed E-state index contributed by atoms with van der Waals surface area (Å²) in [6.45, 7) is 0. The number of benzene rings is 1. The first-order valence-corrected chi connectivity index (χ1v) is 8.31. The quantitative estimate of drug-likeness (QED) is 0.635. The lowest BCUT2D eigenvalue weighted by Gasteiger charge is -2.13. The number of carbonyl (C=O) groups excluding carboxylic acids is 1. The molecule has 3 rings (SSSR count). The molecule has 0 aliphatic rings. The van der Waals surface area contributed by atoms with Crippen molar-refractivity contribution in [3.8, 4) is 22.4 Å². The Hall–Kier alpha value is -3.06. The fraction of sp³-hybridized carbons (Fsp3) is 0.211. The van der Waals surface area contributed by atoms with E-state index in [1.807, 2.05) is 12.1 Å². The lowest BCUT2D eigenvalue weighted by molar-refractivity contribution is -0.120. The summed E-state index contributed by atoms with van der Waals surface area (Å²) in [5.74, 6) is -0.374. The van der Waals surface area contributed by atoms with Gasteiger partial charge in [0.15, 0.2) is 0 Å². The zero-order chi connectivity index (χ0) is 18.5. The molecule has 2 heterocycles. The van der Waals surface area contributed by atoms with Crippen molar-refractivity contribution in [2.45, 2.75) is 18.9 Å². The third kappa shape index (κ3) is 3.78. The van der Waals surface area contributed by atoms with Crippen molar-refractivity contribution in [1.29, 1.82) is 0 Å². The van der Waals surface area contributed by atoms with E-state index in [1.54, 1.807) is 31.6 Å². The van der Waals surface area contributed by atoms with Crippen LogP contribution in [0.25, 0.3) is 22.4 Å². The molecule has 6 nitrogen and oxygen atoms in total. The maximum Gasteiger partial charge on any atom is 0.219 e. The highest BCUT2D eigenvalue weighted by molar-refractivity contribution is 5.83. The minimum atomic E-state index is -0.392. The largest absolute Gasteiger partial charge is 0.359 e. The molecular formula is C19H20FN5O. The van der Waals surface area contributed by atoms with E-state index in [0.29, 0.717) is 18.5 Å². The number of nitrogens with one attached hydrogen (secondary N) is 2. The third-order valence-electron chi connectivity index (χ3n) is 4.21. The average Bonchev–Trinajstić information content (AvgIpc) is 3.12. The van der Waals surface area contributed by atoms with Gasteiger partial charge in [0.05, 0.1) is 5.69 Å². The van der Waals surface area contributed by atoms with Gasteiger partial charge in [0, 0.05) is 43.0 Å². The molecule has 1 amide bonds. The molecule has 0 saturated carbocycles. The van der Waals surface area contributed by atoms with E-state index in [1.165, 1.54) is 12.1 Å². The molecule has 0 aliphatic carbocycles. The summed E-state index contributed by atoms with van der Waals surface area (Å²) in [7, 11) is 1.60. The third-order valence-corrected chi connectivity index (χ3v) is 4.21. The highest BCUT2D eigenvalue weighted by atomic mass is 19.1. The normalized spacial score (nSPS) is 12.0. The van der Waals surface area contributed by atoms with Gasteiger partial charge < -0.3 is 11.1 Å². The molecule has 0 aliphatic heterocycles. The van der Waals surface area contributed by atoms with Crippen LogP contribution in [0, 0.1) is 5.82 Å². The van der Waals surface area contributed by atoms with Crippen molar-refractivity contribution in [1.82, 2.24) is 20.5 Å². The molecule has 0 unspecified atom stereocenters. The van der Waals surface area contributed by atoms with Gasteiger partial charge in [-0.05, 0) is 48.4 Å². The first-order chi connectivity index (χ1) is 12.6. The number of amides is 1. The summed E-state index contributed by atoms with van der Waals surface area (Å²) < 4.78 is 13.3. The smallest absolute Gasteiger partial charge is 0.219 e. The van der Waals surface area contributed by atoms with Crippen LogP contribution in [0.5, 0.6) is 0 Å². The van der Waals surface area contributed by atoms with Gasteiger partial charge in [-0.3, -0.25) is 14.9 Å². The number of aromatic nitrogens is 3. The standard InChI is InChI=1S/C19H20FN5O/c1-22-16(26)7-6-15(21)19-17(12-8-10-23-11-9-12)18(24-25-19)13-2-4-14(20)5-3-13/h2-5,8-11,15H,6-7,21H2,1H3,(H,22,26)(H,24,25)/t15-/m0/s1. The van der Waals surface area contributed by atoms with Gasteiger partial charge >= 0.3 is 0 Å². The van der Waals surface area contributed by atoms with Crippen LogP contribution in [0.15, 0.2) is 48.8 Å². The Bertz CT molecular complexity index is 877. The monoisotopic (exact) mass is 353 g/mol. The van der Waals surface area contributed by atoms with Crippen LogP contribution in [0.4, 0.5) is 4.39 Å². The number of carbonyl (C=O) groups is 1. The first-order valence-electron chi connectivity index (χ1n) is 8.31. The summed E-state index contributed by atoms with van der Waals surface area (Å²) in [6, 6.07) is 9.49. The second-order valence-electron chi connectivity index (χ2n) is 5.92. The molecule has 1 aromatic carbocycles. The Morgan fingerprint density at radius 3 is 2.54 bits per heavy atom. The van der Waals surface area contributed by atoms with Crippen molar-refractivity contribution in [2.75, 3.05) is 7.05 Å². The lowest BCUT2D eigenvalue weighted by atomic mass is 9.95. The molecule has 1 atom stereocenters. The van der Waals surface area contributed by atoms with E-state index in [2.05, 4.69) is 20.5 Å². The van der Waals surface area contributed by atoms with Crippen LogP contribution >= 0.6 is 0 Å². The van der Waals surface area contributed by atoms with Gasteiger partial charge in [-0.1, -0.05) is 0 Å². The maximum atomic E-state index is 13.3. The van der Waals surface area contributed by atoms with Crippen molar-refractivity contribution in [3.63, 3.8) is 0 Å². The number of rotatable bonds is 6.